The second kappa shape index (κ2) is 10.2. The Hall–Kier alpha value is -3.55. The van der Waals surface area contributed by atoms with Crippen molar-refractivity contribution in [1.82, 2.24) is 5.32 Å². The van der Waals surface area contributed by atoms with Gasteiger partial charge < -0.3 is 19.5 Å². The van der Waals surface area contributed by atoms with Crippen LogP contribution in [0.1, 0.15) is 37.6 Å². The fraction of sp³-hybridized carbons (Fsp3) is 0.375. The van der Waals surface area contributed by atoms with E-state index in [1.807, 2.05) is 13.8 Å². The lowest BCUT2D eigenvalue weighted by Crippen LogP contribution is -2.52. The van der Waals surface area contributed by atoms with Crippen molar-refractivity contribution in [1.29, 1.82) is 0 Å². The fourth-order valence-electron chi connectivity index (χ4n) is 3.26. The minimum atomic E-state index is -0.750. The van der Waals surface area contributed by atoms with E-state index in [0.717, 1.165) is 6.42 Å². The predicted octanol–water partition coefficient (Wildman–Crippen LogP) is 2.99. The lowest BCUT2D eigenvalue weighted by atomic mass is 10.1. The first-order valence-corrected chi connectivity index (χ1v) is 10.5. The topological polar surface area (TPSA) is 94.2 Å². The Bertz CT molecular complexity index is 988. The van der Waals surface area contributed by atoms with Crippen LogP contribution in [0.25, 0.3) is 0 Å². The Morgan fingerprint density at radius 1 is 1.12 bits per heavy atom. The summed E-state index contributed by atoms with van der Waals surface area (Å²) >= 11 is 0. The van der Waals surface area contributed by atoms with Crippen LogP contribution in [0.2, 0.25) is 0 Å². The number of Topliss-reactive ketones (excluding diaryl/α,β-unsaturated/α-hetero) is 1. The number of nitrogens with one attached hydrogen (secondary N) is 1. The maximum atomic E-state index is 12.7. The molecule has 0 aliphatic carbocycles. The highest BCUT2D eigenvalue weighted by atomic mass is 16.5. The molecule has 0 bridgehead atoms. The number of ether oxygens (including phenoxy) is 3. The molecule has 1 heterocycles. The Balaban J connectivity index is 1.77. The summed E-state index contributed by atoms with van der Waals surface area (Å²) in [5.41, 5.74) is 0.749. The molecule has 1 aliphatic heterocycles. The molecular weight excluding hydrogens is 412 g/mol. The van der Waals surface area contributed by atoms with E-state index in [-0.39, 0.29) is 36.9 Å². The molecule has 3 rings (SSSR count). The summed E-state index contributed by atoms with van der Waals surface area (Å²) in [7, 11) is 1.57. The first-order valence-electron chi connectivity index (χ1n) is 10.5. The highest BCUT2D eigenvalue weighted by Gasteiger charge is 2.34. The molecule has 0 radical (unpaired) electrons. The van der Waals surface area contributed by atoms with Crippen LogP contribution in [0.15, 0.2) is 42.5 Å². The molecule has 2 amide bonds. The molecule has 1 aliphatic rings. The minimum Gasteiger partial charge on any atom is -0.497 e. The van der Waals surface area contributed by atoms with Gasteiger partial charge >= 0.3 is 0 Å². The molecule has 32 heavy (non-hydrogen) atoms. The SMILES string of the molecule is CCC(C)NC(=O)C(C)N1C(=O)COc2ccc(C(=O)COc3ccc(OC)cc3)cc21. The van der Waals surface area contributed by atoms with Crippen molar-refractivity contribution >= 4 is 23.3 Å². The smallest absolute Gasteiger partial charge is 0.265 e. The standard InChI is InChI=1S/C24H28N2O6/c1-5-15(2)25-24(29)16(3)26-20-12-17(6-11-22(20)32-14-23(26)28)21(27)13-31-19-9-7-18(30-4)8-10-19/h6-12,15-16H,5,13-14H2,1-4H3,(H,25,29). The van der Waals surface area contributed by atoms with Gasteiger partial charge in [-0.25, -0.2) is 0 Å². The molecule has 2 aromatic carbocycles. The second-order valence-electron chi connectivity index (χ2n) is 7.62. The van der Waals surface area contributed by atoms with Crippen LogP contribution in [0.4, 0.5) is 5.69 Å². The summed E-state index contributed by atoms with van der Waals surface area (Å²) in [6, 6.07) is 11.0. The van der Waals surface area contributed by atoms with Crippen molar-refractivity contribution < 1.29 is 28.6 Å². The molecule has 0 fully saturated rings. The average molecular weight is 440 g/mol. The highest BCUT2D eigenvalue weighted by molar-refractivity contribution is 6.05. The molecule has 0 aromatic heterocycles. The Morgan fingerprint density at radius 2 is 1.81 bits per heavy atom. The quantitative estimate of drug-likeness (QED) is 0.603. The van der Waals surface area contributed by atoms with Crippen LogP contribution in [-0.4, -0.2) is 50.0 Å². The van der Waals surface area contributed by atoms with Crippen LogP contribution < -0.4 is 24.4 Å². The van der Waals surface area contributed by atoms with E-state index >= 15 is 0 Å². The first kappa shape index (κ1) is 23.1. The largest absolute Gasteiger partial charge is 0.497 e. The van der Waals surface area contributed by atoms with Crippen molar-refractivity contribution in [2.24, 2.45) is 0 Å². The molecule has 2 aromatic rings. The van der Waals surface area contributed by atoms with Crippen molar-refractivity contribution in [2.75, 3.05) is 25.2 Å². The number of methoxy groups -OCH3 is 1. The van der Waals surface area contributed by atoms with Gasteiger partial charge in [0.25, 0.3) is 5.91 Å². The molecular formula is C24H28N2O6. The number of nitrogens with zero attached hydrogens (tertiary/aromatic N) is 1. The summed E-state index contributed by atoms with van der Waals surface area (Å²) in [6.45, 7) is 5.19. The zero-order valence-corrected chi connectivity index (χ0v) is 18.7. The lowest BCUT2D eigenvalue weighted by Gasteiger charge is -2.34. The number of carbonyl (C=O) groups excluding carboxylic acids is 3. The number of carbonyl (C=O) groups is 3. The van der Waals surface area contributed by atoms with Crippen LogP contribution in [0.3, 0.4) is 0 Å². The summed E-state index contributed by atoms with van der Waals surface area (Å²) in [5.74, 6) is 0.796. The van der Waals surface area contributed by atoms with Crippen molar-refractivity contribution in [3.63, 3.8) is 0 Å². The number of benzene rings is 2. The summed E-state index contributed by atoms with van der Waals surface area (Å²) in [6.07, 6.45) is 0.777. The fourth-order valence-corrected chi connectivity index (χ4v) is 3.26. The van der Waals surface area contributed by atoms with E-state index in [0.29, 0.717) is 28.5 Å². The molecule has 8 heteroatoms. The second-order valence-corrected chi connectivity index (χ2v) is 7.62. The Kier molecular flexibility index (Phi) is 7.35. The molecule has 1 N–H and O–H groups in total. The number of amides is 2. The summed E-state index contributed by atoms with van der Waals surface area (Å²) < 4.78 is 16.2. The van der Waals surface area contributed by atoms with Gasteiger partial charge in [-0.3, -0.25) is 19.3 Å². The number of rotatable bonds is 9. The zero-order chi connectivity index (χ0) is 23.3. The van der Waals surface area contributed by atoms with E-state index in [1.165, 1.54) is 4.90 Å². The molecule has 8 nitrogen and oxygen atoms in total. The van der Waals surface area contributed by atoms with Crippen molar-refractivity contribution in [3.05, 3.63) is 48.0 Å². The lowest BCUT2D eigenvalue weighted by molar-refractivity contribution is -0.127. The van der Waals surface area contributed by atoms with Crippen molar-refractivity contribution in [3.8, 4) is 17.2 Å². The number of hydrogen-bond donors (Lipinski definition) is 1. The molecule has 2 atom stereocenters. The normalized spacial score (nSPS) is 14.6. The zero-order valence-electron chi connectivity index (χ0n) is 18.7. The number of ketones is 1. The van der Waals surface area contributed by atoms with Crippen molar-refractivity contribution in [2.45, 2.75) is 39.3 Å². The molecule has 0 saturated heterocycles. The van der Waals surface area contributed by atoms with E-state index < -0.39 is 6.04 Å². The van der Waals surface area contributed by atoms with Gasteiger partial charge in [0.15, 0.2) is 19.0 Å². The van der Waals surface area contributed by atoms with Gasteiger partial charge in [0.1, 0.15) is 23.3 Å². The van der Waals surface area contributed by atoms with Crippen LogP contribution in [0, 0.1) is 0 Å². The van der Waals surface area contributed by atoms with Gasteiger partial charge in [0.05, 0.1) is 12.8 Å². The molecule has 0 spiro atoms. The Labute approximate surface area is 187 Å². The van der Waals surface area contributed by atoms with Gasteiger partial charge in [-0.1, -0.05) is 6.92 Å². The number of fused-ring (bicyclic) bond motifs is 1. The third-order valence-electron chi connectivity index (χ3n) is 5.36. The summed E-state index contributed by atoms with van der Waals surface area (Å²) in [4.78, 5) is 39.4. The van der Waals surface area contributed by atoms with Gasteiger partial charge in [0.2, 0.25) is 5.91 Å². The van der Waals surface area contributed by atoms with E-state index in [4.69, 9.17) is 14.2 Å². The van der Waals surface area contributed by atoms with Gasteiger partial charge in [-0.2, -0.15) is 0 Å². The van der Waals surface area contributed by atoms with Gasteiger partial charge in [-0.15, -0.1) is 0 Å². The average Bonchev–Trinajstić information content (AvgIpc) is 2.81. The number of hydrogen-bond acceptors (Lipinski definition) is 6. The molecule has 2 unspecified atom stereocenters. The predicted molar refractivity (Wildman–Crippen MR) is 120 cm³/mol. The maximum Gasteiger partial charge on any atom is 0.265 e. The molecule has 170 valence electrons. The molecule has 0 saturated carbocycles. The van der Waals surface area contributed by atoms with Gasteiger partial charge in [0, 0.05) is 11.6 Å². The first-order chi connectivity index (χ1) is 15.3. The van der Waals surface area contributed by atoms with Crippen LogP contribution >= 0.6 is 0 Å². The van der Waals surface area contributed by atoms with Crippen LogP contribution in [-0.2, 0) is 9.59 Å². The maximum absolute atomic E-state index is 12.7. The Morgan fingerprint density at radius 3 is 2.47 bits per heavy atom. The van der Waals surface area contributed by atoms with E-state index in [1.54, 1.807) is 56.5 Å². The monoisotopic (exact) mass is 440 g/mol. The highest BCUT2D eigenvalue weighted by Crippen LogP contribution is 2.34. The minimum absolute atomic E-state index is 0.0106. The summed E-state index contributed by atoms with van der Waals surface area (Å²) in [5, 5.41) is 2.89. The van der Waals surface area contributed by atoms with Crippen LogP contribution in [0.5, 0.6) is 17.2 Å². The third-order valence-corrected chi connectivity index (χ3v) is 5.36. The van der Waals surface area contributed by atoms with E-state index in [2.05, 4.69) is 5.32 Å². The third kappa shape index (κ3) is 5.19. The van der Waals surface area contributed by atoms with Gasteiger partial charge in [-0.05, 0) is 62.7 Å². The number of anilines is 1. The van der Waals surface area contributed by atoms with E-state index in [9.17, 15) is 14.4 Å².